The lowest BCUT2D eigenvalue weighted by Crippen LogP contribution is -2.35. The molecule has 0 amide bonds. The maximum atomic E-state index is 14.2. The van der Waals surface area contributed by atoms with Gasteiger partial charge >= 0.3 is 0 Å². The maximum Gasteiger partial charge on any atom is 0.125 e. The lowest BCUT2D eigenvalue weighted by molar-refractivity contribution is 0.152. The van der Waals surface area contributed by atoms with Gasteiger partial charge in [0.15, 0.2) is 0 Å². The average Bonchev–Trinajstić information content (AvgIpc) is 2.48. The molecule has 22 heavy (non-hydrogen) atoms. The van der Waals surface area contributed by atoms with Gasteiger partial charge in [-0.2, -0.15) is 0 Å². The Bertz CT molecular complexity index is 486. The molecule has 0 saturated heterocycles. The molecule has 0 bridgehead atoms. The molecule has 2 aromatic carbocycles. The second-order valence-electron chi connectivity index (χ2n) is 6.00. The molecule has 0 radical (unpaired) electrons. The van der Waals surface area contributed by atoms with Crippen LogP contribution in [0, 0.1) is 0 Å². The van der Waals surface area contributed by atoms with Crippen LogP contribution in [-0.2, 0) is 13.1 Å². The molecule has 3 heteroatoms. The van der Waals surface area contributed by atoms with Crippen LogP contribution < -0.4 is 0 Å². The Balaban J connectivity index is 2.03. The minimum absolute atomic E-state index is 0.446. The van der Waals surface area contributed by atoms with Crippen LogP contribution in [0.3, 0.4) is 0 Å². The molecule has 118 valence electrons. The van der Waals surface area contributed by atoms with Crippen molar-refractivity contribution in [2.24, 2.45) is 0 Å². The van der Waals surface area contributed by atoms with Crippen molar-refractivity contribution in [2.45, 2.75) is 19.3 Å². The van der Waals surface area contributed by atoms with Crippen molar-refractivity contribution in [2.75, 3.05) is 27.2 Å². The molecule has 0 aromatic heterocycles. The number of rotatable bonds is 8. The smallest absolute Gasteiger partial charge is 0.125 e. The molecule has 2 aromatic rings. The molecule has 0 heterocycles. The van der Waals surface area contributed by atoms with Crippen molar-refractivity contribution in [1.82, 2.24) is 9.80 Å². The Morgan fingerprint density at radius 3 is 1.64 bits per heavy atom. The van der Waals surface area contributed by atoms with Crippen molar-refractivity contribution in [3.8, 4) is 0 Å². The number of hydrogen-bond acceptors (Lipinski definition) is 2. The second kappa shape index (κ2) is 8.66. The quantitative estimate of drug-likeness (QED) is 0.735. The SMILES string of the molecule is CN(C)CC(F)CN(Cc1ccccc1)Cc1ccccc1. The highest BCUT2D eigenvalue weighted by Crippen LogP contribution is 2.11. The van der Waals surface area contributed by atoms with E-state index in [9.17, 15) is 4.39 Å². The van der Waals surface area contributed by atoms with Gasteiger partial charge in [-0.3, -0.25) is 4.90 Å². The molecule has 0 aliphatic heterocycles. The third kappa shape index (κ3) is 5.96. The van der Waals surface area contributed by atoms with Crippen molar-refractivity contribution in [3.63, 3.8) is 0 Å². The minimum atomic E-state index is -0.845. The molecule has 0 spiro atoms. The van der Waals surface area contributed by atoms with Crippen LogP contribution in [0.25, 0.3) is 0 Å². The van der Waals surface area contributed by atoms with Crippen LogP contribution in [0.1, 0.15) is 11.1 Å². The van der Waals surface area contributed by atoms with Gasteiger partial charge in [-0.25, -0.2) is 4.39 Å². The predicted octanol–water partition coefficient (Wildman–Crippen LogP) is 3.59. The first-order valence-electron chi connectivity index (χ1n) is 7.72. The van der Waals surface area contributed by atoms with E-state index in [1.807, 2.05) is 55.4 Å². The van der Waals surface area contributed by atoms with Gasteiger partial charge in [-0.15, -0.1) is 0 Å². The summed E-state index contributed by atoms with van der Waals surface area (Å²) < 4.78 is 14.2. The molecule has 1 unspecified atom stereocenters. The first-order valence-corrected chi connectivity index (χ1v) is 7.72. The summed E-state index contributed by atoms with van der Waals surface area (Å²) in [4.78, 5) is 4.08. The van der Waals surface area contributed by atoms with Gasteiger partial charge in [0.05, 0.1) is 0 Å². The second-order valence-corrected chi connectivity index (χ2v) is 6.00. The first kappa shape index (κ1) is 16.7. The normalized spacial score (nSPS) is 12.8. The van der Waals surface area contributed by atoms with Crippen molar-refractivity contribution in [1.29, 1.82) is 0 Å². The zero-order chi connectivity index (χ0) is 15.8. The standard InChI is InChI=1S/C19H25FN2/c1-21(2)15-19(20)16-22(13-17-9-5-3-6-10-17)14-18-11-7-4-8-12-18/h3-12,19H,13-16H2,1-2H3. The summed E-state index contributed by atoms with van der Waals surface area (Å²) in [5.41, 5.74) is 2.44. The third-order valence-electron chi connectivity index (χ3n) is 3.52. The van der Waals surface area contributed by atoms with Gasteiger partial charge in [0, 0.05) is 26.2 Å². The Hall–Kier alpha value is -1.71. The van der Waals surface area contributed by atoms with Crippen molar-refractivity contribution >= 4 is 0 Å². The summed E-state index contributed by atoms with van der Waals surface area (Å²) in [5, 5.41) is 0. The van der Waals surface area contributed by atoms with Gasteiger partial charge in [0.2, 0.25) is 0 Å². The van der Waals surface area contributed by atoms with E-state index >= 15 is 0 Å². The highest BCUT2D eigenvalue weighted by Gasteiger charge is 2.15. The Kier molecular flexibility index (Phi) is 6.56. The molecule has 0 aliphatic rings. The summed E-state index contributed by atoms with van der Waals surface area (Å²) >= 11 is 0. The van der Waals surface area contributed by atoms with Gasteiger partial charge < -0.3 is 4.90 Å². The van der Waals surface area contributed by atoms with Crippen LogP contribution in [0.15, 0.2) is 60.7 Å². The number of halogens is 1. The number of nitrogens with zero attached hydrogens (tertiary/aromatic N) is 2. The summed E-state index contributed by atoms with van der Waals surface area (Å²) in [6.07, 6.45) is -0.845. The fraction of sp³-hybridized carbons (Fsp3) is 0.368. The summed E-state index contributed by atoms with van der Waals surface area (Å²) in [6.45, 7) is 2.44. The fourth-order valence-corrected chi connectivity index (χ4v) is 2.60. The maximum absolute atomic E-state index is 14.2. The lowest BCUT2D eigenvalue weighted by Gasteiger charge is -2.25. The van der Waals surface area contributed by atoms with Gasteiger partial charge in [0.25, 0.3) is 0 Å². The van der Waals surface area contributed by atoms with Crippen molar-refractivity contribution in [3.05, 3.63) is 71.8 Å². The third-order valence-corrected chi connectivity index (χ3v) is 3.52. The first-order chi connectivity index (χ1) is 10.6. The van der Waals surface area contributed by atoms with Gasteiger partial charge in [0.1, 0.15) is 6.17 Å². The highest BCUT2D eigenvalue weighted by atomic mass is 19.1. The van der Waals surface area contributed by atoms with E-state index in [0.29, 0.717) is 13.1 Å². The molecule has 0 N–H and O–H groups in total. The van der Waals surface area contributed by atoms with Crippen molar-refractivity contribution < 1.29 is 4.39 Å². The van der Waals surface area contributed by atoms with E-state index in [1.54, 1.807) is 0 Å². The molecule has 1 atom stereocenters. The van der Waals surface area contributed by atoms with Crippen LogP contribution >= 0.6 is 0 Å². The molecule has 2 rings (SSSR count). The Morgan fingerprint density at radius 1 is 0.773 bits per heavy atom. The van der Waals surface area contributed by atoms with E-state index in [1.165, 1.54) is 11.1 Å². The van der Waals surface area contributed by atoms with Gasteiger partial charge in [-0.1, -0.05) is 60.7 Å². The summed E-state index contributed by atoms with van der Waals surface area (Å²) in [5.74, 6) is 0. The average molecular weight is 300 g/mol. The lowest BCUT2D eigenvalue weighted by atomic mass is 10.1. The van der Waals surface area contributed by atoms with E-state index in [4.69, 9.17) is 0 Å². The number of benzene rings is 2. The topological polar surface area (TPSA) is 6.48 Å². The van der Waals surface area contributed by atoms with E-state index in [2.05, 4.69) is 29.2 Å². The van der Waals surface area contributed by atoms with Crippen LogP contribution in [0.2, 0.25) is 0 Å². The molecule has 2 nitrogen and oxygen atoms in total. The fourth-order valence-electron chi connectivity index (χ4n) is 2.60. The van der Waals surface area contributed by atoms with E-state index < -0.39 is 6.17 Å². The zero-order valence-electron chi connectivity index (χ0n) is 13.5. The minimum Gasteiger partial charge on any atom is -0.306 e. The van der Waals surface area contributed by atoms with Crippen LogP contribution in [0.4, 0.5) is 4.39 Å². The highest BCUT2D eigenvalue weighted by molar-refractivity contribution is 5.17. The molecule has 0 saturated carbocycles. The Morgan fingerprint density at radius 2 is 1.23 bits per heavy atom. The summed E-state index contributed by atoms with van der Waals surface area (Å²) in [7, 11) is 3.82. The van der Waals surface area contributed by atoms with E-state index in [-0.39, 0.29) is 0 Å². The predicted molar refractivity (Wildman–Crippen MR) is 90.4 cm³/mol. The molecule has 0 fully saturated rings. The molecular formula is C19H25FN2. The zero-order valence-corrected chi connectivity index (χ0v) is 13.5. The number of hydrogen-bond donors (Lipinski definition) is 0. The van der Waals surface area contributed by atoms with E-state index in [0.717, 1.165) is 13.1 Å². The number of alkyl halides is 1. The molecular weight excluding hydrogens is 275 g/mol. The molecule has 0 aliphatic carbocycles. The van der Waals surface area contributed by atoms with Crippen LogP contribution in [0.5, 0.6) is 0 Å². The monoisotopic (exact) mass is 300 g/mol. The largest absolute Gasteiger partial charge is 0.306 e. The summed E-state index contributed by atoms with van der Waals surface area (Å²) in [6, 6.07) is 20.5. The van der Waals surface area contributed by atoms with Crippen LogP contribution in [-0.4, -0.2) is 43.2 Å². The van der Waals surface area contributed by atoms with Gasteiger partial charge in [-0.05, 0) is 25.2 Å². The Labute approximate surface area is 133 Å².